The number of allylic oxidation sites excluding steroid dienone is 5. The number of unbranched alkanes of at least 4 members (excludes halogenated alkanes) is 16. The highest BCUT2D eigenvalue weighted by Crippen LogP contribution is 2.36. The molecule has 50 heavy (non-hydrogen) atoms. The van der Waals surface area contributed by atoms with Crippen LogP contribution in [-0.4, -0.2) is 53.3 Å². The van der Waals surface area contributed by atoms with E-state index < -0.39 is 32.5 Å². The summed E-state index contributed by atoms with van der Waals surface area (Å²) in [6, 6.07) is 0. The zero-order valence-corrected chi connectivity index (χ0v) is 32.4. The number of rotatable bonds is 35. The van der Waals surface area contributed by atoms with Gasteiger partial charge in [0.15, 0.2) is 6.10 Å². The van der Waals surface area contributed by atoms with Crippen LogP contribution in [0, 0.1) is 0 Å². The van der Waals surface area contributed by atoms with E-state index in [0.29, 0.717) is 25.0 Å². The molecule has 0 radical (unpaired) electrons. The maximum Gasteiger partial charge on any atom is 0.469 e. The highest BCUT2D eigenvalue weighted by molar-refractivity contribution is 7.46. The molecule has 2 N–H and O–H groups in total. The Morgan fingerprint density at radius 3 is 1.76 bits per heavy atom. The average molecular weight is 727 g/mol. The van der Waals surface area contributed by atoms with Crippen LogP contribution < -0.4 is 0 Å². The van der Waals surface area contributed by atoms with E-state index in [1.165, 1.54) is 96.3 Å². The molecule has 2 unspecified atom stereocenters. The molecule has 1 saturated heterocycles. The summed E-state index contributed by atoms with van der Waals surface area (Å²) in [6.45, 7) is 3.60. The zero-order chi connectivity index (χ0) is 36.5. The molecular weight excluding hydrogens is 655 g/mol. The summed E-state index contributed by atoms with van der Waals surface area (Å²) in [4.78, 5) is 42.7. The van der Waals surface area contributed by atoms with Crippen LogP contribution in [0.25, 0.3) is 0 Å². The fourth-order valence-electron chi connectivity index (χ4n) is 5.75. The van der Waals surface area contributed by atoms with E-state index in [1.807, 2.05) is 6.08 Å². The van der Waals surface area contributed by atoms with Crippen molar-refractivity contribution in [3.8, 4) is 0 Å². The van der Waals surface area contributed by atoms with Crippen LogP contribution >= 0.6 is 7.82 Å². The van der Waals surface area contributed by atoms with Gasteiger partial charge in [-0.25, -0.2) is 4.57 Å². The van der Waals surface area contributed by atoms with Gasteiger partial charge in [0, 0.05) is 12.8 Å². The highest BCUT2D eigenvalue weighted by atomic mass is 31.2. The molecule has 9 nitrogen and oxygen atoms in total. The predicted molar refractivity (Wildman–Crippen MR) is 202 cm³/mol. The second-order valence-corrected chi connectivity index (χ2v) is 14.9. The maximum atomic E-state index is 12.4. The third-order valence-corrected chi connectivity index (χ3v) is 9.32. The van der Waals surface area contributed by atoms with Crippen LogP contribution in [0.3, 0.4) is 0 Å². The summed E-state index contributed by atoms with van der Waals surface area (Å²) in [5.74, 6) is -0.952. The fraction of sp³-hybridized carbons (Fsp3) is 0.800. The molecule has 3 atom stereocenters. The molecule has 1 rings (SSSR count). The summed E-state index contributed by atoms with van der Waals surface area (Å²) in [7, 11) is -4.77. The lowest BCUT2D eigenvalue weighted by Gasteiger charge is -2.18. The monoisotopic (exact) mass is 726 g/mol. The van der Waals surface area contributed by atoms with Crippen LogP contribution in [0.15, 0.2) is 36.5 Å². The number of carbonyl (C=O) groups excluding carboxylic acids is 2. The van der Waals surface area contributed by atoms with E-state index in [0.717, 1.165) is 38.5 Å². The topological polar surface area (TPSA) is 132 Å². The third kappa shape index (κ3) is 31.0. The molecule has 290 valence electrons. The largest absolute Gasteiger partial charge is 0.469 e. The Kier molecular flexibility index (Phi) is 29.5. The van der Waals surface area contributed by atoms with E-state index >= 15 is 0 Å². The molecule has 10 heteroatoms. The highest BCUT2D eigenvalue weighted by Gasteiger charge is 2.36. The molecule has 1 aliphatic rings. The van der Waals surface area contributed by atoms with Crippen LogP contribution in [0.5, 0.6) is 0 Å². The Hall–Kier alpha value is -1.77. The predicted octanol–water partition coefficient (Wildman–Crippen LogP) is 10.8. The second kappa shape index (κ2) is 31.9. The SMILES string of the molecule is CCCCCCCCCCCCCCCCC(=O)OC[C@H](COP(=O)(O)O)OC(=O)CCC/C=C\C/C=C\C/C=C\CC1OC1CCCCC. The molecule has 0 aromatic carbocycles. The van der Waals surface area contributed by atoms with Crippen molar-refractivity contribution in [3.63, 3.8) is 0 Å². The lowest BCUT2D eigenvalue weighted by molar-refractivity contribution is -0.161. The number of phosphoric acid groups is 1. The Bertz CT molecular complexity index is 974. The van der Waals surface area contributed by atoms with Gasteiger partial charge in [-0.3, -0.25) is 14.1 Å². The Balaban J connectivity index is 2.11. The van der Waals surface area contributed by atoms with Crippen molar-refractivity contribution in [2.24, 2.45) is 0 Å². The second-order valence-electron chi connectivity index (χ2n) is 13.6. The van der Waals surface area contributed by atoms with Crippen LogP contribution in [-0.2, 0) is 32.9 Å². The van der Waals surface area contributed by atoms with Crippen molar-refractivity contribution in [1.29, 1.82) is 0 Å². The first-order valence-electron chi connectivity index (χ1n) is 19.9. The molecular formula is C40H71O9P. The van der Waals surface area contributed by atoms with Gasteiger partial charge in [-0.05, 0) is 44.9 Å². The van der Waals surface area contributed by atoms with Crippen LogP contribution in [0.4, 0.5) is 0 Å². The minimum absolute atomic E-state index is 0.133. The lowest BCUT2D eigenvalue weighted by atomic mass is 10.0. The van der Waals surface area contributed by atoms with Gasteiger partial charge >= 0.3 is 19.8 Å². The number of phosphoric ester groups is 1. The van der Waals surface area contributed by atoms with E-state index in [2.05, 4.69) is 48.8 Å². The fourth-order valence-corrected chi connectivity index (χ4v) is 6.11. The molecule has 0 saturated carbocycles. The first kappa shape index (κ1) is 46.3. The Labute approximate surface area is 304 Å². The van der Waals surface area contributed by atoms with Gasteiger partial charge in [-0.1, -0.05) is 153 Å². The van der Waals surface area contributed by atoms with Crippen molar-refractivity contribution in [1.82, 2.24) is 0 Å². The molecule has 0 bridgehead atoms. The summed E-state index contributed by atoms with van der Waals surface area (Å²) in [5.41, 5.74) is 0. The van der Waals surface area contributed by atoms with E-state index in [-0.39, 0.29) is 19.4 Å². The smallest absolute Gasteiger partial charge is 0.462 e. The standard InChI is InChI=1S/C40H71O9P/c1-3-5-7-8-9-10-11-12-13-14-18-21-24-28-32-39(41)46-34-36(35-47-50(43,44)45)48-40(42)33-29-25-22-19-16-15-17-20-23-27-31-38-37(49-38)30-26-6-4-2/h15,17,19,22-23,27,36-38H,3-14,16,18,20-21,24-26,28-35H2,1-2H3,(H2,43,44,45)/b17-15-,22-19-,27-23-/t36-,37?,38?/m1/s1. The number of ether oxygens (including phenoxy) is 3. The molecule has 1 fully saturated rings. The van der Waals surface area contributed by atoms with E-state index in [1.54, 1.807) is 0 Å². The molecule has 1 aliphatic heterocycles. The normalized spacial score (nSPS) is 16.9. The van der Waals surface area contributed by atoms with Gasteiger partial charge in [0.1, 0.15) is 6.61 Å². The summed E-state index contributed by atoms with van der Waals surface area (Å²) in [5, 5.41) is 0. The molecule has 0 aliphatic carbocycles. The van der Waals surface area contributed by atoms with E-state index in [4.69, 9.17) is 24.0 Å². The molecule has 0 aromatic heterocycles. The maximum absolute atomic E-state index is 12.4. The van der Waals surface area contributed by atoms with Crippen molar-refractivity contribution in [2.75, 3.05) is 13.2 Å². The Morgan fingerprint density at radius 2 is 1.16 bits per heavy atom. The first-order valence-corrected chi connectivity index (χ1v) is 21.4. The minimum atomic E-state index is -4.77. The minimum Gasteiger partial charge on any atom is -0.462 e. The Morgan fingerprint density at radius 1 is 0.640 bits per heavy atom. The number of carbonyl (C=O) groups is 2. The summed E-state index contributed by atoms with van der Waals surface area (Å²) >= 11 is 0. The molecule has 0 aromatic rings. The van der Waals surface area contributed by atoms with E-state index in [9.17, 15) is 14.2 Å². The van der Waals surface area contributed by atoms with Gasteiger partial charge in [0.2, 0.25) is 0 Å². The van der Waals surface area contributed by atoms with Crippen molar-refractivity contribution < 1.29 is 42.7 Å². The zero-order valence-electron chi connectivity index (χ0n) is 31.5. The van der Waals surface area contributed by atoms with Gasteiger partial charge in [0.05, 0.1) is 18.8 Å². The average Bonchev–Trinajstić information content (AvgIpc) is 3.84. The number of hydrogen-bond donors (Lipinski definition) is 2. The lowest BCUT2D eigenvalue weighted by Crippen LogP contribution is -2.29. The third-order valence-electron chi connectivity index (χ3n) is 8.84. The molecule has 0 amide bonds. The molecule has 0 spiro atoms. The van der Waals surface area contributed by atoms with Gasteiger partial charge in [-0.2, -0.15) is 0 Å². The quantitative estimate of drug-likeness (QED) is 0.0215. The van der Waals surface area contributed by atoms with Crippen molar-refractivity contribution in [2.45, 2.75) is 193 Å². The summed E-state index contributed by atoms with van der Waals surface area (Å²) in [6.07, 6.45) is 39.0. The van der Waals surface area contributed by atoms with Crippen molar-refractivity contribution >= 4 is 19.8 Å². The first-order chi connectivity index (χ1) is 24.2. The number of hydrogen-bond acceptors (Lipinski definition) is 7. The molecule has 1 heterocycles. The van der Waals surface area contributed by atoms with Crippen LogP contribution in [0.1, 0.15) is 174 Å². The van der Waals surface area contributed by atoms with Gasteiger partial charge in [-0.15, -0.1) is 0 Å². The van der Waals surface area contributed by atoms with Gasteiger partial charge in [0.25, 0.3) is 0 Å². The van der Waals surface area contributed by atoms with Gasteiger partial charge < -0.3 is 24.0 Å². The van der Waals surface area contributed by atoms with Crippen molar-refractivity contribution in [3.05, 3.63) is 36.5 Å². The summed E-state index contributed by atoms with van der Waals surface area (Å²) < 4.78 is 32.0. The number of esters is 2. The van der Waals surface area contributed by atoms with Crippen LogP contribution in [0.2, 0.25) is 0 Å². The number of epoxide rings is 1.